The first-order valence-electron chi connectivity index (χ1n) is 9.28. The van der Waals surface area contributed by atoms with Crippen LogP contribution in [0.2, 0.25) is 0 Å². The predicted octanol–water partition coefficient (Wildman–Crippen LogP) is 4.97. The van der Waals surface area contributed by atoms with Crippen molar-refractivity contribution in [2.45, 2.75) is 13.3 Å². The van der Waals surface area contributed by atoms with Crippen molar-refractivity contribution in [2.75, 3.05) is 20.3 Å². The maximum absolute atomic E-state index is 5.69. The van der Waals surface area contributed by atoms with Crippen LogP contribution in [0, 0.1) is 0 Å². The Bertz CT molecular complexity index is 893. The zero-order chi connectivity index (χ0) is 19.6. The van der Waals surface area contributed by atoms with Crippen LogP contribution in [-0.4, -0.2) is 31.0 Å². The molecule has 0 aliphatic rings. The summed E-state index contributed by atoms with van der Waals surface area (Å²) in [6.07, 6.45) is 2.57. The lowest BCUT2D eigenvalue weighted by molar-refractivity contribution is 0.105. The second-order valence-corrected chi connectivity index (χ2v) is 6.02. The van der Waals surface area contributed by atoms with Crippen LogP contribution >= 0.6 is 0 Å². The average molecular weight is 376 g/mol. The first kappa shape index (κ1) is 19.4. The van der Waals surface area contributed by atoms with Crippen LogP contribution in [0.4, 0.5) is 0 Å². The molecule has 1 heterocycles. The first-order valence-corrected chi connectivity index (χ1v) is 9.28. The van der Waals surface area contributed by atoms with E-state index in [1.165, 1.54) is 0 Å². The van der Waals surface area contributed by atoms with E-state index in [9.17, 15) is 0 Å². The molecule has 0 saturated heterocycles. The first-order chi connectivity index (χ1) is 13.8. The summed E-state index contributed by atoms with van der Waals surface area (Å²) in [6, 6.07) is 21.6. The highest BCUT2D eigenvalue weighted by molar-refractivity contribution is 6.00. The fourth-order valence-corrected chi connectivity index (χ4v) is 2.74. The highest BCUT2D eigenvalue weighted by Gasteiger charge is 2.05. The summed E-state index contributed by atoms with van der Waals surface area (Å²) >= 11 is 0. The number of hydrogen-bond donors (Lipinski definition) is 0. The lowest BCUT2D eigenvalue weighted by atomic mass is 10.0. The molecule has 1 aromatic heterocycles. The van der Waals surface area contributed by atoms with E-state index in [0.29, 0.717) is 24.7 Å². The number of methoxy groups -OCH3 is 1. The van der Waals surface area contributed by atoms with Crippen LogP contribution in [-0.2, 0) is 4.84 Å². The number of aromatic nitrogens is 1. The molecule has 28 heavy (non-hydrogen) atoms. The number of rotatable bonds is 9. The van der Waals surface area contributed by atoms with E-state index in [1.54, 1.807) is 13.3 Å². The molecule has 0 fully saturated rings. The molecule has 144 valence electrons. The van der Waals surface area contributed by atoms with E-state index in [1.807, 2.05) is 66.7 Å². The van der Waals surface area contributed by atoms with E-state index in [-0.39, 0.29) is 0 Å². The van der Waals surface area contributed by atoms with Gasteiger partial charge in [-0.2, -0.15) is 0 Å². The van der Waals surface area contributed by atoms with Crippen molar-refractivity contribution >= 4 is 5.71 Å². The molecule has 3 rings (SSSR count). The van der Waals surface area contributed by atoms with Gasteiger partial charge in [-0.25, -0.2) is 0 Å². The van der Waals surface area contributed by atoms with E-state index in [4.69, 9.17) is 14.3 Å². The fourth-order valence-electron chi connectivity index (χ4n) is 2.74. The van der Waals surface area contributed by atoms with Gasteiger partial charge in [0.05, 0.1) is 18.5 Å². The number of pyridine rings is 1. The van der Waals surface area contributed by atoms with Crippen molar-refractivity contribution in [3.05, 3.63) is 78.5 Å². The molecular weight excluding hydrogens is 352 g/mol. The van der Waals surface area contributed by atoms with Gasteiger partial charge in [0.2, 0.25) is 0 Å². The molecule has 3 aromatic rings. The SMILES string of the molecule is CCC(=NOCCOc1ccccc1OC)c1ccc(-c2ccccn2)cc1. The van der Waals surface area contributed by atoms with Crippen LogP contribution in [0.1, 0.15) is 18.9 Å². The highest BCUT2D eigenvalue weighted by Crippen LogP contribution is 2.25. The van der Waals surface area contributed by atoms with Gasteiger partial charge in [0.1, 0.15) is 6.61 Å². The zero-order valence-corrected chi connectivity index (χ0v) is 16.2. The summed E-state index contributed by atoms with van der Waals surface area (Å²) in [6.45, 7) is 2.80. The van der Waals surface area contributed by atoms with Gasteiger partial charge in [0, 0.05) is 11.8 Å². The molecule has 0 spiro atoms. The average Bonchev–Trinajstić information content (AvgIpc) is 2.77. The third-order valence-electron chi connectivity index (χ3n) is 4.19. The number of hydrogen-bond acceptors (Lipinski definition) is 5. The van der Waals surface area contributed by atoms with Crippen molar-refractivity contribution in [1.82, 2.24) is 4.98 Å². The van der Waals surface area contributed by atoms with Gasteiger partial charge in [-0.05, 0) is 36.2 Å². The minimum atomic E-state index is 0.355. The molecule has 5 nitrogen and oxygen atoms in total. The second kappa shape index (κ2) is 10.1. The molecule has 0 atom stereocenters. The maximum atomic E-state index is 5.69. The lowest BCUT2D eigenvalue weighted by Gasteiger charge is -2.10. The quantitative estimate of drug-likeness (QED) is 0.301. The van der Waals surface area contributed by atoms with Crippen LogP contribution < -0.4 is 9.47 Å². The van der Waals surface area contributed by atoms with Gasteiger partial charge >= 0.3 is 0 Å². The third-order valence-corrected chi connectivity index (χ3v) is 4.19. The Kier molecular flexibility index (Phi) is 7.01. The number of benzene rings is 2. The molecule has 0 unspecified atom stereocenters. The molecule has 0 aliphatic carbocycles. The standard InChI is InChI=1S/C23H24N2O3/c1-3-20(18-11-13-19(14-12-18)21-8-6-7-15-24-21)25-28-17-16-27-23-10-5-4-9-22(23)26-2/h4-15H,3,16-17H2,1-2H3. The van der Waals surface area contributed by atoms with E-state index in [0.717, 1.165) is 29.0 Å². The van der Waals surface area contributed by atoms with Crippen LogP contribution in [0.5, 0.6) is 11.5 Å². The monoisotopic (exact) mass is 376 g/mol. The minimum Gasteiger partial charge on any atom is -0.493 e. The molecule has 0 N–H and O–H groups in total. The van der Waals surface area contributed by atoms with Crippen LogP contribution in [0.25, 0.3) is 11.3 Å². The largest absolute Gasteiger partial charge is 0.493 e. The molecular formula is C23H24N2O3. The topological polar surface area (TPSA) is 52.9 Å². The summed E-state index contributed by atoms with van der Waals surface area (Å²) in [7, 11) is 1.62. The molecule has 0 saturated carbocycles. The zero-order valence-electron chi connectivity index (χ0n) is 16.2. The van der Waals surface area contributed by atoms with Gasteiger partial charge in [-0.1, -0.05) is 54.5 Å². The number of para-hydroxylation sites is 2. The third kappa shape index (κ3) is 5.10. The van der Waals surface area contributed by atoms with Gasteiger partial charge in [-0.3, -0.25) is 4.98 Å². The summed E-state index contributed by atoms with van der Waals surface area (Å²) in [5.74, 6) is 1.40. The Hall–Kier alpha value is -3.34. The highest BCUT2D eigenvalue weighted by atomic mass is 16.6. The van der Waals surface area contributed by atoms with E-state index in [2.05, 4.69) is 17.1 Å². The van der Waals surface area contributed by atoms with Crippen molar-refractivity contribution in [3.8, 4) is 22.8 Å². The van der Waals surface area contributed by atoms with Gasteiger partial charge in [0.15, 0.2) is 18.1 Å². The Morgan fingerprint density at radius 3 is 2.32 bits per heavy atom. The Balaban J connectivity index is 1.55. The van der Waals surface area contributed by atoms with Crippen molar-refractivity contribution in [3.63, 3.8) is 0 Å². The van der Waals surface area contributed by atoms with E-state index < -0.39 is 0 Å². The number of nitrogens with zero attached hydrogens (tertiary/aromatic N) is 2. The normalized spacial score (nSPS) is 11.1. The van der Waals surface area contributed by atoms with E-state index >= 15 is 0 Å². The molecule has 5 heteroatoms. The fraction of sp³-hybridized carbons (Fsp3) is 0.217. The molecule has 2 aromatic carbocycles. The smallest absolute Gasteiger partial charge is 0.161 e. The lowest BCUT2D eigenvalue weighted by Crippen LogP contribution is -2.07. The summed E-state index contributed by atoms with van der Waals surface area (Å²) in [5.41, 5.74) is 3.96. The summed E-state index contributed by atoms with van der Waals surface area (Å²) in [4.78, 5) is 9.83. The Labute approximate surface area is 165 Å². The maximum Gasteiger partial charge on any atom is 0.161 e. The summed E-state index contributed by atoms with van der Waals surface area (Å²) in [5, 5.41) is 4.28. The Morgan fingerprint density at radius 2 is 1.64 bits per heavy atom. The van der Waals surface area contributed by atoms with Crippen molar-refractivity contribution in [1.29, 1.82) is 0 Å². The number of oxime groups is 1. The molecule has 0 radical (unpaired) electrons. The van der Waals surface area contributed by atoms with Gasteiger partial charge < -0.3 is 14.3 Å². The predicted molar refractivity (Wildman–Crippen MR) is 111 cm³/mol. The molecule has 0 amide bonds. The molecule has 0 bridgehead atoms. The number of ether oxygens (including phenoxy) is 2. The minimum absolute atomic E-state index is 0.355. The second-order valence-electron chi connectivity index (χ2n) is 6.02. The van der Waals surface area contributed by atoms with Crippen molar-refractivity contribution < 1.29 is 14.3 Å². The molecule has 0 aliphatic heterocycles. The Morgan fingerprint density at radius 1 is 0.893 bits per heavy atom. The summed E-state index contributed by atoms with van der Waals surface area (Å²) < 4.78 is 10.9. The van der Waals surface area contributed by atoms with Crippen LogP contribution in [0.3, 0.4) is 0 Å². The van der Waals surface area contributed by atoms with Gasteiger partial charge in [-0.15, -0.1) is 0 Å². The van der Waals surface area contributed by atoms with Crippen LogP contribution in [0.15, 0.2) is 78.1 Å². The van der Waals surface area contributed by atoms with Gasteiger partial charge in [0.25, 0.3) is 0 Å². The van der Waals surface area contributed by atoms with Crippen molar-refractivity contribution in [2.24, 2.45) is 5.16 Å².